The standard InChI is InChI=1S/C15H21NO3S/c1-20-13-8-4-6-11(14(13)15(18)19)16-9-10-5-2-3-7-12(10)17/h4,6,8,10,12,16-17H,2-3,5,7,9H2,1H3,(H,18,19). The molecule has 0 heterocycles. The van der Waals surface area contributed by atoms with Gasteiger partial charge in [0.25, 0.3) is 0 Å². The Kier molecular flexibility index (Phi) is 5.31. The van der Waals surface area contributed by atoms with Gasteiger partial charge in [0.2, 0.25) is 0 Å². The molecular weight excluding hydrogens is 274 g/mol. The molecule has 2 atom stereocenters. The number of rotatable bonds is 5. The van der Waals surface area contributed by atoms with Crippen LogP contribution in [0.5, 0.6) is 0 Å². The first-order valence-electron chi connectivity index (χ1n) is 6.95. The van der Waals surface area contributed by atoms with E-state index in [4.69, 9.17) is 0 Å². The van der Waals surface area contributed by atoms with Crippen molar-refractivity contribution in [1.29, 1.82) is 0 Å². The molecule has 1 fully saturated rings. The molecule has 1 aromatic rings. The van der Waals surface area contributed by atoms with Gasteiger partial charge < -0.3 is 15.5 Å². The molecule has 5 heteroatoms. The lowest BCUT2D eigenvalue weighted by Gasteiger charge is -2.28. The summed E-state index contributed by atoms with van der Waals surface area (Å²) in [5, 5.41) is 22.5. The molecule has 4 nitrogen and oxygen atoms in total. The van der Waals surface area contributed by atoms with Gasteiger partial charge in [-0.1, -0.05) is 18.9 Å². The molecule has 3 N–H and O–H groups in total. The molecule has 20 heavy (non-hydrogen) atoms. The van der Waals surface area contributed by atoms with Crippen LogP contribution in [0, 0.1) is 5.92 Å². The topological polar surface area (TPSA) is 69.6 Å². The zero-order valence-corrected chi connectivity index (χ0v) is 12.4. The number of carbonyl (C=O) groups is 1. The summed E-state index contributed by atoms with van der Waals surface area (Å²) in [6, 6.07) is 5.46. The summed E-state index contributed by atoms with van der Waals surface area (Å²) >= 11 is 1.43. The molecular formula is C15H21NO3S. The van der Waals surface area contributed by atoms with Gasteiger partial charge in [-0.3, -0.25) is 0 Å². The Hall–Kier alpha value is -1.20. The molecule has 0 aromatic heterocycles. The predicted octanol–water partition coefficient (Wildman–Crippen LogP) is 3.07. The van der Waals surface area contributed by atoms with Crippen molar-refractivity contribution in [3.63, 3.8) is 0 Å². The lowest BCUT2D eigenvalue weighted by atomic mass is 9.86. The third kappa shape index (κ3) is 3.46. The van der Waals surface area contributed by atoms with Crippen LogP contribution in [0.15, 0.2) is 23.1 Å². The molecule has 1 aromatic carbocycles. The van der Waals surface area contributed by atoms with Crippen LogP contribution in [0.4, 0.5) is 5.69 Å². The van der Waals surface area contributed by atoms with Crippen molar-refractivity contribution >= 4 is 23.4 Å². The Labute approximate surface area is 123 Å². The van der Waals surface area contributed by atoms with Crippen LogP contribution in [0.25, 0.3) is 0 Å². The molecule has 0 bridgehead atoms. The molecule has 0 saturated heterocycles. The van der Waals surface area contributed by atoms with Crippen molar-refractivity contribution in [2.24, 2.45) is 5.92 Å². The largest absolute Gasteiger partial charge is 0.478 e. The molecule has 0 radical (unpaired) electrons. The third-order valence-electron chi connectivity index (χ3n) is 3.88. The number of aromatic carboxylic acids is 1. The first kappa shape index (κ1) is 15.2. The number of hydrogen-bond donors (Lipinski definition) is 3. The summed E-state index contributed by atoms with van der Waals surface area (Å²) in [5.41, 5.74) is 0.965. The molecule has 0 spiro atoms. The van der Waals surface area contributed by atoms with Gasteiger partial charge in [-0.05, 0) is 31.2 Å². The van der Waals surface area contributed by atoms with Crippen LogP contribution in [0.3, 0.4) is 0 Å². The van der Waals surface area contributed by atoms with Crippen molar-refractivity contribution < 1.29 is 15.0 Å². The molecule has 0 amide bonds. The highest BCUT2D eigenvalue weighted by molar-refractivity contribution is 7.98. The summed E-state index contributed by atoms with van der Waals surface area (Å²) in [6.45, 7) is 0.624. The maximum atomic E-state index is 11.4. The summed E-state index contributed by atoms with van der Waals surface area (Å²) in [6.07, 6.45) is 5.67. The first-order valence-corrected chi connectivity index (χ1v) is 8.18. The second-order valence-electron chi connectivity index (χ2n) is 5.18. The van der Waals surface area contributed by atoms with Gasteiger partial charge in [0.05, 0.1) is 11.7 Å². The highest BCUT2D eigenvalue weighted by Gasteiger charge is 2.23. The quantitative estimate of drug-likeness (QED) is 0.728. The number of aliphatic hydroxyl groups excluding tert-OH is 1. The maximum Gasteiger partial charge on any atom is 0.338 e. The Morgan fingerprint density at radius 2 is 2.15 bits per heavy atom. The summed E-state index contributed by atoms with van der Waals surface area (Å²) < 4.78 is 0. The van der Waals surface area contributed by atoms with E-state index in [1.165, 1.54) is 11.8 Å². The highest BCUT2D eigenvalue weighted by atomic mass is 32.2. The van der Waals surface area contributed by atoms with Crippen molar-refractivity contribution in [1.82, 2.24) is 0 Å². The Morgan fingerprint density at radius 1 is 1.40 bits per heavy atom. The Balaban J connectivity index is 2.10. The number of anilines is 1. The van der Waals surface area contributed by atoms with Crippen LogP contribution < -0.4 is 5.32 Å². The van der Waals surface area contributed by atoms with Gasteiger partial charge in [0.15, 0.2) is 0 Å². The van der Waals surface area contributed by atoms with Gasteiger partial charge in [-0.25, -0.2) is 4.79 Å². The van der Waals surface area contributed by atoms with Crippen molar-refractivity contribution in [2.75, 3.05) is 18.1 Å². The monoisotopic (exact) mass is 295 g/mol. The lowest BCUT2D eigenvalue weighted by molar-refractivity contribution is 0.0694. The Bertz CT molecular complexity index is 478. The molecule has 1 aliphatic carbocycles. The SMILES string of the molecule is CSc1cccc(NCC2CCCCC2O)c1C(=O)O. The summed E-state index contributed by atoms with van der Waals surface area (Å²) in [7, 11) is 0. The van der Waals surface area contributed by atoms with E-state index in [-0.39, 0.29) is 12.0 Å². The van der Waals surface area contributed by atoms with Crippen LogP contribution in [-0.2, 0) is 0 Å². The molecule has 1 saturated carbocycles. The smallest absolute Gasteiger partial charge is 0.338 e. The van der Waals surface area contributed by atoms with Crippen molar-refractivity contribution in [3.05, 3.63) is 23.8 Å². The van der Waals surface area contributed by atoms with Gasteiger partial charge in [0, 0.05) is 23.0 Å². The predicted molar refractivity (Wildman–Crippen MR) is 81.6 cm³/mol. The van der Waals surface area contributed by atoms with E-state index in [1.54, 1.807) is 6.07 Å². The van der Waals surface area contributed by atoms with E-state index in [9.17, 15) is 15.0 Å². The third-order valence-corrected chi connectivity index (χ3v) is 4.66. The average molecular weight is 295 g/mol. The van der Waals surface area contributed by atoms with Crippen molar-refractivity contribution in [2.45, 2.75) is 36.7 Å². The van der Waals surface area contributed by atoms with Crippen molar-refractivity contribution in [3.8, 4) is 0 Å². The summed E-state index contributed by atoms with van der Waals surface area (Å²) in [4.78, 5) is 12.2. The van der Waals surface area contributed by atoms with E-state index >= 15 is 0 Å². The van der Waals surface area contributed by atoms with Gasteiger partial charge in [-0.2, -0.15) is 0 Å². The van der Waals surface area contributed by atoms with E-state index in [2.05, 4.69) is 5.32 Å². The minimum atomic E-state index is -0.915. The van der Waals surface area contributed by atoms with Crippen LogP contribution >= 0.6 is 11.8 Å². The van der Waals surface area contributed by atoms with Gasteiger partial charge >= 0.3 is 5.97 Å². The number of carboxylic acids is 1. The number of thioether (sulfide) groups is 1. The van der Waals surface area contributed by atoms with E-state index in [0.717, 1.165) is 30.6 Å². The fraction of sp³-hybridized carbons (Fsp3) is 0.533. The Morgan fingerprint density at radius 3 is 2.80 bits per heavy atom. The summed E-state index contributed by atoms with van der Waals surface area (Å²) in [5.74, 6) is -0.704. The van der Waals surface area contributed by atoms with Crippen LogP contribution in [0.1, 0.15) is 36.0 Å². The normalized spacial score (nSPS) is 22.5. The van der Waals surface area contributed by atoms with Crippen LogP contribution in [0.2, 0.25) is 0 Å². The average Bonchev–Trinajstić information content (AvgIpc) is 2.45. The molecule has 1 aliphatic rings. The maximum absolute atomic E-state index is 11.4. The molecule has 2 rings (SSSR count). The number of aliphatic hydroxyl groups is 1. The minimum Gasteiger partial charge on any atom is -0.478 e. The van der Waals surface area contributed by atoms with Crippen LogP contribution in [-0.4, -0.2) is 35.1 Å². The first-order chi connectivity index (χ1) is 9.63. The zero-order chi connectivity index (χ0) is 14.5. The minimum absolute atomic E-state index is 0.211. The number of benzene rings is 1. The molecule has 110 valence electrons. The lowest BCUT2D eigenvalue weighted by Crippen LogP contribution is -2.30. The van der Waals surface area contributed by atoms with Gasteiger partial charge in [0.1, 0.15) is 0 Å². The zero-order valence-electron chi connectivity index (χ0n) is 11.6. The second-order valence-corrected chi connectivity index (χ2v) is 6.03. The molecule has 0 aliphatic heterocycles. The van der Waals surface area contributed by atoms with E-state index in [0.29, 0.717) is 17.8 Å². The highest BCUT2D eigenvalue weighted by Crippen LogP contribution is 2.29. The fourth-order valence-electron chi connectivity index (χ4n) is 2.74. The van der Waals surface area contributed by atoms with Gasteiger partial charge in [-0.15, -0.1) is 11.8 Å². The number of hydrogen-bond acceptors (Lipinski definition) is 4. The van der Waals surface area contributed by atoms with E-state index < -0.39 is 5.97 Å². The van der Waals surface area contributed by atoms with E-state index in [1.807, 2.05) is 18.4 Å². The number of nitrogens with one attached hydrogen (secondary N) is 1. The molecule has 2 unspecified atom stereocenters. The second kappa shape index (κ2) is 6.99. The number of carboxylic acid groups (broad SMARTS) is 1. The fourth-order valence-corrected chi connectivity index (χ4v) is 3.35.